The lowest BCUT2D eigenvalue weighted by Crippen LogP contribution is -2.75. The fourth-order valence-electron chi connectivity index (χ4n) is 9.85. The minimum Gasteiger partial charge on any atom is -0.456 e. The average Bonchev–Trinajstić information content (AvgIpc) is 3.95. The number of nitrogens with zero attached hydrogens (tertiary/aromatic N) is 2. The fraction of sp³-hybridized carbons (Fsp3) is 0. The largest absolute Gasteiger partial charge is 0.456 e. The summed E-state index contributed by atoms with van der Waals surface area (Å²) >= 11 is 0. The maximum absolute atomic E-state index is 6.44. The summed E-state index contributed by atoms with van der Waals surface area (Å²) in [6.45, 7) is 0. The van der Waals surface area contributed by atoms with Gasteiger partial charge in [-0.3, -0.25) is 0 Å². The third kappa shape index (κ3) is 4.67. The number of rotatable bonds is 6. The van der Waals surface area contributed by atoms with Crippen LogP contribution in [-0.4, -0.2) is 17.2 Å². The van der Waals surface area contributed by atoms with Crippen LogP contribution in [0.15, 0.2) is 223 Å². The lowest BCUT2D eigenvalue weighted by molar-refractivity contribution is 0.668. The first-order chi connectivity index (χ1) is 28.8. The Balaban J connectivity index is 1.20. The van der Waals surface area contributed by atoms with Crippen molar-refractivity contribution < 1.29 is 4.42 Å². The van der Waals surface area contributed by atoms with E-state index in [1.165, 1.54) is 53.3 Å². The SMILES string of the molecule is c1ccc([Si](c2ccccc2)(c2ccccc2)c2cccc3c4ccccc4n(-c4ccc5c6ccccc6n(-c6ccc7c(c6)oc6ccccc67)c5c4)c23)cc1. The highest BCUT2D eigenvalue weighted by molar-refractivity contribution is 7.20. The zero-order valence-electron chi connectivity index (χ0n) is 31.6. The molecule has 3 heterocycles. The molecule has 272 valence electrons. The van der Waals surface area contributed by atoms with E-state index in [0.29, 0.717) is 0 Å². The fourth-order valence-corrected chi connectivity index (χ4v) is 14.8. The molecule has 0 amide bonds. The zero-order chi connectivity index (χ0) is 38.2. The van der Waals surface area contributed by atoms with Gasteiger partial charge in [-0.25, -0.2) is 0 Å². The average molecular weight is 757 g/mol. The van der Waals surface area contributed by atoms with Crippen LogP contribution in [0.1, 0.15) is 0 Å². The van der Waals surface area contributed by atoms with Crippen molar-refractivity contribution in [2.75, 3.05) is 0 Å². The molecule has 0 aliphatic carbocycles. The van der Waals surface area contributed by atoms with Crippen LogP contribution in [0.5, 0.6) is 0 Å². The standard InChI is InChI=1S/C54H36N2OSi/c1-4-17-39(18-5-1)58(40-19-6-2-7-20-40,41-21-8-3-9-22-41)53-30-16-26-47-43-24-11-14-28-49(43)56(54(47)53)37-31-33-44-42-23-10-13-27-48(42)55(50(44)35-37)38-32-34-46-45-25-12-15-29-51(45)57-52(46)36-38/h1-36H. The monoisotopic (exact) mass is 756 g/mol. The second-order valence-corrected chi connectivity index (χ2v) is 19.0. The highest BCUT2D eigenvalue weighted by Crippen LogP contribution is 2.38. The summed E-state index contributed by atoms with van der Waals surface area (Å²) in [5, 5.41) is 12.6. The van der Waals surface area contributed by atoms with Gasteiger partial charge in [0.2, 0.25) is 0 Å². The molecular weight excluding hydrogens is 721 g/mol. The van der Waals surface area contributed by atoms with Gasteiger partial charge in [-0.2, -0.15) is 0 Å². The topological polar surface area (TPSA) is 23.0 Å². The van der Waals surface area contributed by atoms with Crippen molar-refractivity contribution in [2.45, 2.75) is 0 Å². The highest BCUT2D eigenvalue weighted by Gasteiger charge is 2.43. The van der Waals surface area contributed by atoms with Crippen LogP contribution >= 0.6 is 0 Å². The van der Waals surface area contributed by atoms with Gasteiger partial charge in [0, 0.05) is 49.8 Å². The van der Waals surface area contributed by atoms with Gasteiger partial charge in [-0.15, -0.1) is 0 Å². The van der Waals surface area contributed by atoms with Gasteiger partial charge in [0.15, 0.2) is 8.07 Å². The van der Waals surface area contributed by atoms with Gasteiger partial charge in [0.1, 0.15) is 11.2 Å². The summed E-state index contributed by atoms with van der Waals surface area (Å²) in [6, 6.07) is 80.4. The molecule has 0 N–H and O–H groups in total. The number of fused-ring (bicyclic) bond motifs is 9. The summed E-state index contributed by atoms with van der Waals surface area (Å²) in [6.07, 6.45) is 0. The first kappa shape index (κ1) is 32.8. The summed E-state index contributed by atoms with van der Waals surface area (Å²) in [5.74, 6) is 0. The van der Waals surface area contributed by atoms with Crippen molar-refractivity contribution in [3.8, 4) is 11.4 Å². The molecule has 12 rings (SSSR count). The molecule has 0 bridgehead atoms. The van der Waals surface area contributed by atoms with Crippen molar-refractivity contribution in [1.29, 1.82) is 0 Å². The Morgan fingerprint density at radius 3 is 1.43 bits per heavy atom. The Morgan fingerprint density at radius 2 is 0.776 bits per heavy atom. The number of aromatic nitrogens is 2. The van der Waals surface area contributed by atoms with Crippen LogP contribution in [0.4, 0.5) is 0 Å². The third-order valence-electron chi connectivity index (χ3n) is 12.3. The lowest BCUT2D eigenvalue weighted by Gasteiger charge is -2.35. The Hall–Kier alpha value is -7.40. The molecule has 0 spiro atoms. The minimum absolute atomic E-state index is 0.886. The van der Waals surface area contributed by atoms with Crippen LogP contribution in [-0.2, 0) is 0 Å². The number of para-hydroxylation sites is 4. The molecule has 3 aromatic heterocycles. The second kappa shape index (κ2) is 12.8. The van der Waals surface area contributed by atoms with Gasteiger partial charge >= 0.3 is 0 Å². The van der Waals surface area contributed by atoms with E-state index in [9.17, 15) is 0 Å². The molecule has 3 nitrogen and oxygen atoms in total. The molecular formula is C54H36N2OSi. The van der Waals surface area contributed by atoms with Gasteiger partial charge in [-0.05, 0) is 63.2 Å². The lowest BCUT2D eigenvalue weighted by atomic mass is 10.1. The van der Waals surface area contributed by atoms with E-state index in [2.05, 4.69) is 215 Å². The van der Waals surface area contributed by atoms with Crippen LogP contribution in [0.2, 0.25) is 0 Å². The van der Waals surface area contributed by atoms with Crippen LogP contribution in [0, 0.1) is 0 Å². The second-order valence-electron chi connectivity index (χ2n) is 15.2. The molecule has 12 aromatic rings. The third-order valence-corrected chi connectivity index (χ3v) is 17.1. The molecule has 0 saturated heterocycles. The predicted octanol–water partition coefficient (Wildman–Crippen LogP) is 11.2. The van der Waals surface area contributed by atoms with Crippen molar-refractivity contribution in [1.82, 2.24) is 9.13 Å². The Morgan fingerprint density at radius 1 is 0.310 bits per heavy atom. The molecule has 58 heavy (non-hydrogen) atoms. The van der Waals surface area contributed by atoms with E-state index < -0.39 is 8.07 Å². The first-order valence-electron chi connectivity index (χ1n) is 19.9. The van der Waals surface area contributed by atoms with Crippen molar-refractivity contribution >= 4 is 94.4 Å². The first-order valence-corrected chi connectivity index (χ1v) is 21.9. The zero-order valence-corrected chi connectivity index (χ0v) is 32.6. The molecule has 0 radical (unpaired) electrons. The molecule has 0 aliphatic rings. The van der Waals surface area contributed by atoms with Crippen molar-refractivity contribution in [2.24, 2.45) is 0 Å². The molecule has 0 saturated carbocycles. The van der Waals surface area contributed by atoms with Crippen LogP contribution in [0.25, 0.3) is 76.9 Å². The van der Waals surface area contributed by atoms with E-state index in [1.54, 1.807) is 0 Å². The quantitative estimate of drug-likeness (QED) is 0.122. The van der Waals surface area contributed by atoms with E-state index in [4.69, 9.17) is 4.42 Å². The molecule has 0 atom stereocenters. The molecule has 0 fully saturated rings. The van der Waals surface area contributed by atoms with E-state index in [0.717, 1.165) is 44.3 Å². The van der Waals surface area contributed by atoms with Crippen LogP contribution in [0.3, 0.4) is 0 Å². The maximum atomic E-state index is 6.44. The Bertz CT molecular complexity index is 3410. The predicted molar refractivity (Wildman–Crippen MR) is 246 cm³/mol. The smallest absolute Gasteiger partial charge is 0.181 e. The van der Waals surface area contributed by atoms with E-state index in [1.807, 2.05) is 12.1 Å². The number of benzene rings is 9. The summed E-state index contributed by atoms with van der Waals surface area (Å²) in [4.78, 5) is 0. The van der Waals surface area contributed by atoms with Gasteiger partial charge in [0.05, 0.1) is 22.1 Å². The number of furan rings is 1. The van der Waals surface area contributed by atoms with E-state index in [-0.39, 0.29) is 0 Å². The molecule has 9 aromatic carbocycles. The normalized spacial score (nSPS) is 12.1. The van der Waals surface area contributed by atoms with Crippen molar-refractivity contribution in [3.63, 3.8) is 0 Å². The van der Waals surface area contributed by atoms with E-state index >= 15 is 0 Å². The summed E-state index contributed by atoms with van der Waals surface area (Å²) in [7, 11) is -2.91. The van der Waals surface area contributed by atoms with Gasteiger partial charge in [0.25, 0.3) is 0 Å². The number of hydrogen-bond acceptors (Lipinski definition) is 1. The van der Waals surface area contributed by atoms with Crippen molar-refractivity contribution in [3.05, 3.63) is 218 Å². The maximum Gasteiger partial charge on any atom is 0.181 e. The molecule has 4 heteroatoms. The van der Waals surface area contributed by atoms with Gasteiger partial charge in [-0.1, -0.05) is 170 Å². The Kier molecular flexibility index (Phi) is 7.25. The summed E-state index contributed by atoms with van der Waals surface area (Å²) in [5.41, 5.74) is 8.73. The minimum atomic E-state index is -2.91. The Labute approximate surface area is 336 Å². The van der Waals surface area contributed by atoms with Crippen LogP contribution < -0.4 is 20.7 Å². The number of hydrogen-bond donors (Lipinski definition) is 0. The highest BCUT2D eigenvalue weighted by atomic mass is 28.3. The van der Waals surface area contributed by atoms with Gasteiger partial charge < -0.3 is 13.6 Å². The molecule has 0 aliphatic heterocycles. The summed E-state index contributed by atoms with van der Waals surface area (Å²) < 4.78 is 11.4. The molecule has 0 unspecified atom stereocenters.